The molecule has 174 valence electrons. The van der Waals surface area contributed by atoms with E-state index in [1.165, 1.54) is 45.2 Å². The normalized spacial score (nSPS) is 30.8. The molecule has 1 N–H and O–H groups in total. The fourth-order valence-corrected chi connectivity index (χ4v) is 6.86. The summed E-state index contributed by atoms with van der Waals surface area (Å²) in [7, 11) is 1.68. The van der Waals surface area contributed by atoms with E-state index in [0.717, 1.165) is 30.3 Å². The lowest BCUT2D eigenvalue weighted by molar-refractivity contribution is 0.00753. The minimum Gasteiger partial charge on any atom is -0.497 e. The second-order valence-corrected chi connectivity index (χ2v) is 10.6. The van der Waals surface area contributed by atoms with E-state index >= 15 is 0 Å². The van der Waals surface area contributed by atoms with Gasteiger partial charge in [0.25, 0.3) is 0 Å². The molecule has 1 aliphatic carbocycles. The molecule has 2 amide bonds. The first kappa shape index (κ1) is 21.8. The zero-order valence-electron chi connectivity index (χ0n) is 19.9. The highest BCUT2D eigenvalue weighted by atomic mass is 16.5. The highest BCUT2D eigenvalue weighted by molar-refractivity contribution is 5.76. The molecule has 2 bridgehead atoms. The van der Waals surface area contributed by atoms with Gasteiger partial charge in [-0.2, -0.15) is 0 Å². The van der Waals surface area contributed by atoms with E-state index < -0.39 is 0 Å². The topological polar surface area (TPSA) is 44.8 Å². The summed E-state index contributed by atoms with van der Waals surface area (Å²) in [6, 6.07) is 9.26. The molecule has 5 rings (SSSR count). The maximum Gasteiger partial charge on any atom is 0.318 e. The molecular weight excluding hydrogens is 398 g/mol. The van der Waals surface area contributed by atoms with Gasteiger partial charge in [0.2, 0.25) is 0 Å². The molecule has 0 saturated carbocycles. The van der Waals surface area contributed by atoms with Gasteiger partial charge >= 0.3 is 6.03 Å². The number of benzene rings is 1. The summed E-state index contributed by atoms with van der Waals surface area (Å²) < 4.78 is 5.32. The molecule has 0 radical (unpaired) electrons. The molecule has 0 aromatic heterocycles. The zero-order valence-corrected chi connectivity index (χ0v) is 19.9. The number of ether oxygens (including phenoxy) is 1. The summed E-state index contributed by atoms with van der Waals surface area (Å²) in [4.78, 5) is 18.6. The van der Waals surface area contributed by atoms with Gasteiger partial charge in [-0.25, -0.2) is 4.79 Å². The number of nitrogens with one attached hydrogen (secondary N) is 1. The van der Waals surface area contributed by atoms with Crippen LogP contribution in [-0.4, -0.2) is 54.7 Å². The molecule has 4 unspecified atom stereocenters. The Balaban J connectivity index is 1.35. The van der Waals surface area contributed by atoms with E-state index in [9.17, 15) is 4.79 Å². The van der Waals surface area contributed by atoms with Crippen molar-refractivity contribution in [2.75, 3.05) is 26.7 Å². The Hall–Kier alpha value is -2.01. The molecule has 3 aliphatic heterocycles. The summed E-state index contributed by atoms with van der Waals surface area (Å²) in [6.07, 6.45) is 10.2. The fourth-order valence-electron chi connectivity index (χ4n) is 6.86. The van der Waals surface area contributed by atoms with Crippen LogP contribution < -0.4 is 10.1 Å². The monoisotopic (exact) mass is 437 g/mol. The number of hydrogen-bond donors (Lipinski definition) is 1. The third-order valence-electron chi connectivity index (χ3n) is 8.34. The second kappa shape index (κ2) is 9.09. The van der Waals surface area contributed by atoms with Crippen LogP contribution in [0.5, 0.6) is 5.75 Å². The average molecular weight is 438 g/mol. The summed E-state index contributed by atoms with van der Waals surface area (Å²) in [5.74, 6) is 2.44. The van der Waals surface area contributed by atoms with E-state index in [4.69, 9.17) is 4.74 Å². The van der Waals surface area contributed by atoms with Crippen molar-refractivity contribution in [3.8, 4) is 5.75 Å². The van der Waals surface area contributed by atoms with Gasteiger partial charge < -0.3 is 15.0 Å². The molecule has 3 saturated heterocycles. The van der Waals surface area contributed by atoms with Crippen molar-refractivity contribution in [3.05, 3.63) is 41.5 Å². The number of hydrogen-bond acceptors (Lipinski definition) is 3. The molecule has 1 aromatic rings. The number of rotatable bonds is 4. The average Bonchev–Trinajstić information content (AvgIpc) is 2.82. The van der Waals surface area contributed by atoms with Crippen LogP contribution >= 0.6 is 0 Å². The van der Waals surface area contributed by atoms with Crippen LogP contribution in [0.4, 0.5) is 4.79 Å². The summed E-state index contributed by atoms with van der Waals surface area (Å²) in [6.45, 7) is 7.64. The second-order valence-electron chi connectivity index (χ2n) is 10.6. The van der Waals surface area contributed by atoms with Crippen LogP contribution in [0.15, 0.2) is 35.9 Å². The van der Waals surface area contributed by atoms with Crippen LogP contribution in [0.2, 0.25) is 0 Å². The zero-order chi connectivity index (χ0) is 22.2. The number of likely N-dealkylation sites (tertiary alicyclic amines) is 1. The van der Waals surface area contributed by atoms with Crippen molar-refractivity contribution in [2.24, 2.45) is 17.8 Å². The smallest absolute Gasteiger partial charge is 0.318 e. The molecule has 32 heavy (non-hydrogen) atoms. The van der Waals surface area contributed by atoms with E-state index in [1.54, 1.807) is 12.7 Å². The van der Waals surface area contributed by atoms with Gasteiger partial charge in [0.05, 0.1) is 19.2 Å². The molecule has 5 atom stereocenters. The Morgan fingerprint density at radius 3 is 2.69 bits per heavy atom. The minimum atomic E-state index is -0.00284. The predicted octanol–water partition coefficient (Wildman–Crippen LogP) is 5.00. The maximum atomic E-state index is 13.7. The first-order chi connectivity index (χ1) is 15.5. The molecular formula is C27H39N3O2. The molecule has 5 heteroatoms. The Labute approximate surface area is 193 Å². The molecule has 3 heterocycles. The number of fused-ring (bicyclic) bond motifs is 6. The van der Waals surface area contributed by atoms with Gasteiger partial charge in [-0.1, -0.05) is 44.1 Å². The number of piperidine rings is 3. The third-order valence-corrected chi connectivity index (χ3v) is 8.34. The Morgan fingerprint density at radius 2 is 1.94 bits per heavy atom. The first-order valence-corrected chi connectivity index (χ1v) is 12.7. The molecule has 0 spiro atoms. The van der Waals surface area contributed by atoms with Crippen molar-refractivity contribution >= 4 is 6.03 Å². The van der Waals surface area contributed by atoms with Gasteiger partial charge in [-0.15, -0.1) is 0 Å². The van der Waals surface area contributed by atoms with Crippen LogP contribution in [0.1, 0.15) is 64.0 Å². The summed E-state index contributed by atoms with van der Waals surface area (Å²) >= 11 is 0. The summed E-state index contributed by atoms with van der Waals surface area (Å²) in [5.41, 5.74) is 2.68. The highest BCUT2D eigenvalue weighted by Crippen LogP contribution is 2.45. The van der Waals surface area contributed by atoms with Crippen molar-refractivity contribution in [2.45, 2.75) is 70.5 Å². The van der Waals surface area contributed by atoms with Gasteiger partial charge in [0.15, 0.2) is 0 Å². The van der Waals surface area contributed by atoms with Gasteiger partial charge in [-0.05, 0) is 74.1 Å². The lowest BCUT2D eigenvalue weighted by Crippen LogP contribution is -2.61. The first-order valence-electron chi connectivity index (χ1n) is 12.7. The highest BCUT2D eigenvalue weighted by Gasteiger charge is 2.47. The van der Waals surface area contributed by atoms with E-state index in [-0.39, 0.29) is 18.1 Å². The van der Waals surface area contributed by atoms with Gasteiger partial charge in [0, 0.05) is 19.1 Å². The van der Waals surface area contributed by atoms with E-state index in [2.05, 4.69) is 47.2 Å². The molecule has 5 nitrogen and oxygen atoms in total. The van der Waals surface area contributed by atoms with Crippen molar-refractivity contribution in [1.82, 2.24) is 15.1 Å². The maximum absolute atomic E-state index is 13.7. The van der Waals surface area contributed by atoms with Crippen molar-refractivity contribution in [3.63, 3.8) is 0 Å². The third kappa shape index (κ3) is 4.05. The molecule has 1 aromatic carbocycles. The quantitative estimate of drug-likeness (QED) is 0.675. The standard InChI is InChI=1S/C27H39N3O2/c1-18(2)25(19-9-11-23(32-3)12-10-19)28-27(31)30-14-6-7-20-15-21-16-22(26(20)30)17-29-13-5-4-8-24(21)29/h9-12,15,18,21-22,24-26H,4-8,13-14,16-17H2,1-3H3,(H,28,31)/t21?,22-,24?,25?,26?/m0/s1. The fraction of sp³-hybridized carbons (Fsp3) is 0.667. The SMILES string of the molecule is COc1ccc(C(NC(=O)N2CCCC3=CC4C[C@@H](CN5CCCCC45)C32)C(C)C)cc1. The number of carbonyl (C=O) groups is 1. The Kier molecular flexibility index (Phi) is 6.20. The van der Waals surface area contributed by atoms with Crippen LogP contribution in [0, 0.1) is 17.8 Å². The van der Waals surface area contributed by atoms with Gasteiger partial charge in [-0.3, -0.25) is 4.90 Å². The van der Waals surface area contributed by atoms with Gasteiger partial charge in [0.1, 0.15) is 5.75 Å². The van der Waals surface area contributed by atoms with Crippen LogP contribution in [-0.2, 0) is 0 Å². The minimum absolute atomic E-state index is 0.00284. The Bertz CT molecular complexity index is 849. The lowest BCUT2D eigenvalue weighted by Gasteiger charge is -2.54. The number of methoxy groups -OCH3 is 1. The number of amides is 2. The Morgan fingerprint density at radius 1 is 1.12 bits per heavy atom. The number of nitrogens with zero attached hydrogens (tertiary/aromatic N) is 2. The lowest BCUT2D eigenvalue weighted by atomic mass is 9.68. The van der Waals surface area contributed by atoms with Crippen LogP contribution in [0.3, 0.4) is 0 Å². The van der Waals surface area contributed by atoms with Crippen molar-refractivity contribution in [1.29, 1.82) is 0 Å². The molecule has 3 fully saturated rings. The van der Waals surface area contributed by atoms with Crippen LogP contribution in [0.25, 0.3) is 0 Å². The number of urea groups is 1. The van der Waals surface area contributed by atoms with E-state index in [0.29, 0.717) is 17.8 Å². The molecule has 4 aliphatic rings. The predicted molar refractivity (Wildman–Crippen MR) is 128 cm³/mol. The number of carbonyl (C=O) groups excluding carboxylic acids is 1. The van der Waals surface area contributed by atoms with E-state index in [1.807, 2.05) is 12.1 Å². The largest absolute Gasteiger partial charge is 0.497 e. The summed E-state index contributed by atoms with van der Waals surface area (Å²) in [5, 5.41) is 3.41. The van der Waals surface area contributed by atoms with Crippen molar-refractivity contribution < 1.29 is 9.53 Å².